The van der Waals surface area contributed by atoms with E-state index in [1.807, 2.05) is 18.2 Å². The molecule has 2 rings (SSSR count). The highest BCUT2D eigenvalue weighted by molar-refractivity contribution is 6.42. The molecule has 1 saturated carbocycles. The van der Waals surface area contributed by atoms with E-state index in [0.717, 1.165) is 6.54 Å². The fraction of sp³-hybridized carbons (Fsp3) is 0.400. The van der Waals surface area contributed by atoms with Crippen molar-refractivity contribution in [2.75, 3.05) is 6.54 Å². The highest BCUT2D eigenvalue weighted by Crippen LogP contribution is 2.47. The summed E-state index contributed by atoms with van der Waals surface area (Å²) in [5.41, 5.74) is 6.84. The third-order valence-electron chi connectivity index (χ3n) is 2.60. The lowest BCUT2D eigenvalue weighted by atomic mass is 10.1. The van der Waals surface area contributed by atoms with E-state index in [1.165, 1.54) is 12.0 Å². The average molecular weight is 216 g/mol. The molecule has 0 radical (unpaired) electrons. The Morgan fingerprint density at radius 3 is 2.62 bits per heavy atom. The van der Waals surface area contributed by atoms with Crippen molar-refractivity contribution < 1.29 is 0 Å². The van der Waals surface area contributed by atoms with Gasteiger partial charge in [-0.15, -0.1) is 0 Å². The van der Waals surface area contributed by atoms with Crippen molar-refractivity contribution in [1.29, 1.82) is 0 Å². The van der Waals surface area contributed by atoms with E-state index in [4.69, 9.17) is 28.9 Å². The summed E-state index contributed by atoms with van der Waals surface area (Å²) in [5.74, 6) is 1.26. The average Bonchev–Trinajstić information content (AvgIpc) is 2.88. The van der Waals surface area contributed by atoms with E-state index in [-0.39, 0.29) is 0 Å². The molecular weight excluding hydrogens is 205 g/mol. The molecule has 70 valence electrons. The molecule has 0 spiro atoms. The summed E-state index contributed by atoms with van der Waals surface area (Å²) in [7, 11) is 0. The van der Waals surface area contributed by atoms with Crippen LogP contribution >= 0.6 is 23.2 Å². The maximum atomic E-state index is 5.91. The third-order valence-corrected chi connectivity index (χ3v) is 3.34. The minimum absolute atomic E-state index is 0.611. The lowest BCUT2D eigenvalue weighted by molar-refractivity contribution is 0.810. The van der Waals surface area contributed by atoms with Crippen molar-refractivity contribution in [1.82, 2.24) is 0 Å². The van der Waals surface area contributed by atoms with Gasteiger partial charge in [0.1, 0.15) is 0 Å². The van der Waals surface area contributed by atoms with Gasteiger partial charge < -0.3 is 5.73 Å². The summed E-state index contributed by atoms with van der Waals surface area (Å²) in [6, 6.07) is 5.84. The van der Waals surface area contributed by atoms with Crippen molar-refractivity contribution >= 4 is 23.2 Å². The van der Waals surface area contributed by atoms with Crippen molar-refractivity contribution in [2.45, 2.75) is 12.3 Å². The van der Waals surface area contributed by atoms with Crippen molar-refractivity contribution in [3.8, 4) is 0 Å². The van der Waals surface area contributed by atoms with Gasteiger partial charge in [-0.2, -0.15) is 0 Å². The zero-order valence-corrected chi connectivity index (χ0v) is 8.65. The van der Waals surface area contributed by atoms with Crippen LogP contribution in [0.1, 0.15) is 17.9 Å². The van der Waals surface area contributed by atoms with Gasteiger partial charge in [0.25, 0.3) is 0 Å². The largest absolute Gasteiger partial charge is 0.330 e. The molecule has 2 N–H and O–H groups in total. The summed E-state index contributed by atoms with van der Waals surface area (Å²) in [5, 5.41) is 1.26. The lowest BCUT2D eigenvalue weighted by Crippen LogP contribution is -2.01. The number of rotatable bonds is 2. The molecule has 1 aromatic carbocycles. The van der Waals surface area contributed by atoms with Crippen molar-refractivity contribution in [3.05, 3.63) is 33.8 Å². The number of benzene rings is 1. The van der Waals surface area contributed by atoms with Crippen LogP contribution in [0.25, 0.3) is 0 Å². The fourth-order valence-electron chi connectivity index (χ4n) is 1.66. The van der Waals surface area contributed by atoms with Gasteiger partial charge in [-0.25, -0.2) is 0 Å². The predicted molar refractivity (Wildman–Crippen MR) is 56.4 cm³/mol. The number of hydrogen-bond donors (Lipinski definition) is 1. The van der Waals surface area contributed by atoms with Crippen LogP contribution in [0, 0.1) is 5.92 Å². The summed E-state index contributed by atoms with van der Waals surface area (Å²) in [6.45, 7) is 0.769. The molecule has 1 aromatic rings. The first-order chi connectivity index (χ1) is 6.22. The highest BCUT2D eigenvalue weighted by atomic mass is 35.5. The first-order valence-electron chi connectivity index (χ1n) is 4.37. The van der Waals surface area contributed by atoms with Crippen LogP contribution in [0.15, 0.2) is 18.2 Å². The van der Waals surface area contributed by atoms with Gasteiger partial charge in [0.2, 0.25) is 0 Å². The first kappa shape index (κ1) is 9.32. The maximum Gasteiger partial charge on any atom is 0.0595 e. The Labute approximate surface area is 87.8 Å². The number of nitrogens with two attached hydrogens (primary N) is 1. The Morgan fingerprint density at radius 1 is 1.31 bits per heavy atom. The summed E-state index contributed by atoms with van der Waals surface area (Å²) in [6.07, 6.45) is 1.19. The van der Waals surface area contributed by atoms with Crippen LogP contribution in [0.5, 0.6) is 0 Å². The van der Waals surface area contributed by atoms with Crippen molar-refractivity contribution in [3.63, 3.8) is 0 Å². The van der Waals surface area contributed by atoms with E-state index >= 15 is 0 Å². The van der Waals surface area contributed by atoms with Crippen LogP contribution in [0.4, 0.5) is 0 Å². The monoisotopic (exact) mass is 215 g/mol. The van der Waals surface area contributed by atoms with E-state index in [9.17, 15) is 0 Å². The number of halogens is 2. The third kappa shape index (κ3) is 1.83. The molecule has 1 aliphatic rings. The van der Waals surface area contributed by atoms with Crippen molar-refractivity contribution in [2.24, 2.45) is 11.7 Å². The second-order valence-electron chi connectivity index (χ2n) is 3.51. The maximum absolute atomic E-state index is 5.91. The minimum atomic E-state index is 0.611. The van der Waals surface area contributed by atoms with E-state index < -0.39 is 0 Å². The predicted octanol–water partition coefficient (Wildman–Crippen LogP) is 3.06. The second kappa shape index (κ2) is 3.49. The molecule has 0 amide bonds. The van der Waals surface area contributed by atoms with Crippen LogP contribution in [0.2, 0.25) is 10.0 Å². The summed E-state index contributed by atoms with van der Waals surface area (Å²) < 4.78 is 0. The molecular formula is C10H11Cl2N. The van der Waals surface area contributed by atoms with Crippen LogP contribution < -0.4 is 5.73 Å². The molecule has 1 aliphatic carbocycles. The molecule has 2 atom stereocenters. The topological polar surface area (TPSA) is 26.0 Å². The molecule has 0 aromatic heterocycles. The van der Waals surface area contributed by atoms with Gasteiger partial charge in [-0.1, -0.05) is 29.3 Å². The normalized spacial score (nSPS) is 26.1. The molecule has 13 heavy (non-hydrogen) atoms. The lowest BCUT2D eigenvalue weighted by Gasteiger charge is -2.01. The minimum Gasteiger partial charge on any atom is -0.330 e. The summed E-state index contributed by atoms with van der Waals surface area (Å²) >= 11 is 11.7. The molecule has 0 aliphatic heterocycles. The quantitative estimate of drug-likeness (QED) is 0.807. The van der Waals surface area contributed by atoms with E-state index in [0.29, 0.717) is 21.9 Å². The SMILES string of the molecule is NC[C@H]1C[C@H]1c1ccc(Cl)c(Cl)c1. The molecule has 3 heteroatoms. The molecule has 1 fully saturated rings. The van der Waals surface area contributed by atoms with Gasteiger partial charge in [0.05, 0.1) is 10.0 Å². The molecule has 1 nitrogen and oxygen atoms in total. The zero-order valence-electron chi connectivity index (χ0n) is 7.13. The molecule has 0 bridgehead atoms. The van der Waals surface area contributed by atoms with Crippen LogP contribution in [-0.4, -0.2) is 6.54 Å². The van der Waals surface area contributed by atoms with Gasteiger partial charge in [-0.05, 0) is 42.5 Å². The molecule has 0 heterocycles. The smallest absolute Gasteiger partial charge is 0.0595 e. The van der Waals surface area contributed by atoms with Crippen LogP contribution in [-0.2, 0) is 0 Å². The second-order valence-corrected chi connectivity index (χ2v) is 4.33. The first-order valence-corrected chi connectivity index (χ1v) is 5.13. The van der Waals surface area contributed by atoms with E-state index in [2.05, 4.69) is 0 Å². The molecule has 0 saturated heterocycles. The Balaban J connectivity index is 2.19. The standard InChI is InChI=1S/C10H11Cl2N/c11-9-2-1-6(4-10(9)12)8-3-7(8)5-13/h1-2,4,7-8H,3,5,13H2/t7-,8+/m1/s1. The van der Waals surface area contributed by atoms with Crippen LogP contribution in [0.3, 0.4) is 0 Å². The van der Waals surface area contributed by atoms with Gasteiger partial charge in [-0.3, -0.25) is 0 Å². The van der Waals surface area contributed by atoms with Gasteiger partial charge in [0, 0.05) is 0 Å². The molecule has 0 unspecified atom stereocenters. The fourth-order valence-corrected chi connectivity index (χ4v) is 1.97. The van der Waals surface area contributed by atoms with Gasteiger partial charge in [0.15, 0.2) is 0 Å². The number of hydrogen-bond acceptors (Lipinski definition) is 1. The Morgan fingerprint density at radius 2 is 2.08 bits per heavy atom. The van der Waals surface area contributed by atoms with E-state index in [1.54, 1.807) is 0 Å². The van der Waals surface area contributed by atoms with Gasteiger partial charge >= 0.3 is 0 Å². The Hall–Kier alpha value is -0.240. The zero-order chi connectivity index (χ0) is 9.42. The Kier molecular flexibility index (Phi) is 2.50. The summed E-state index contributed by atoms with van der Waals surface area (Å²) in [4.78, 5) is 0. The Bertz CT molecular complexity index is 325. The highest BCUT2D eigenvalue weighted by Gasteiger charge is 2.36.